The summed E-state index contributed by atoms with van der Waals surface area (Å²) in [6.07, 6.45) is 1.08. The van der Waals surface area contributed by atoms with Gasteiger partial charge in [-0.2, -0.15) is 0 Å². The molecule has 0 aliphatic heterocycles. The number of rotatable bonds is 4. The van der Waals surface area contributed by atoms with Gasteiger partial charge in [0.1, 0.15) is 5.88 Å². The Morgan fingerprint density at radius 2 is 2.16 bits per heavy atom. The first kappa shape index (κ1) is 15.3. The number of sulfonamides is 1. The average molecular weight is 301 g/mol. The highest BCUT2D eigenvalue weighted by Crippen LogP contribution is 2.10. The normalized spacial score (nSPS) is 10.2. The summed E-state index contributed by atoms with van der Waals surface area (Å²) in [6, 6.07) is 6.66. The molecular formula is C12H13ClN2O3S. The summed E-state index contributed by atoms with van der Waals surface area (Å²) >= 11 is 5.30. The van der Waals surface area contributed by atoms with Gasteiger partial charge in [0.25, 0.3) is 0 Å². The number of halogens is 1. The van der Waals surface area contributed by atoms with E-state index >= 15 is 0 Å². The van der Waals surface area contributed by atoms with Crippen molar-refractivity contribution in [3.63, 3.8) is 0 Å². The van der Waals surface area contributed by atoms with E-state index in [0.29, 0.717) is 11.3 Å². The number of amides is 1. The number of hydrogen-bond donors (Lipinski definition) is 2. The van der Waals surface area contributed by atoms with E-state index in [9.17, 15) is 13.2 Å². The Kier molecular flexibility index (Phi) is 5.67. The quantitative estimate of drug-likeness (QED) is 0.637. The molecule has 1 aromatic carbocycles. The largest absolute Gasteiger partial charge is 0.344 e. The smallest absolute Gasteiger partial charge is 0.235 e. The molecule has 19 heavy (non-hydrogen) atoms. The summed E-state index contributed by atoms with van der Waals surface area (Å²) in [5, 5.41) is 2.50. The Morgan fingerprint density at radius 3 is 2.79 bits per heavy atom. The van der Waals surface area contributed by atoms with Gasteiger partial charge in [0.05, 0.1) is 12.8 Å². The molecule has 0 radical (unpaired) electrons. The van der Waals surface area contributed by atoms with Crippen LogP contribution in [0.15, 0.2) is 24.3 Å². The lowest BCUT2D eigenvalue weighted by Crippen LogP contribution is -2.24. The number of carbonyl (C=O) groups excluding carboxylic acids is 1. The van der Waals surface area contributed by atoms with Gasteiger partial charge in [0, 0.05) is 11.3 Å². The van der Waals surface area contributed by atoms with Crippen LogP contribution < -0.4 is 10.0 Å². The monoisotopic (exact) mass is 300 g/mol. The highest BCUT2D eigenvalue weighted by atomic mass is 35.5. The summed E-state index contributed by atoms with van der Waals surface area (Å²) in [5.74, 6) is 5.16. The number of nitrogens with one attached hydrogen (secondary N) is 2. The molecule has 0 aromatic heterocycles. The lowest BCUT2D eigenvalue weighted by molar-refractivity contribution is -0.118. The zero-order chi connectivity index (χ0) is 14.3. The third kappa shape index (κ3) is 6.70. The maximum absolute atomic E-state index is 11.1. The summed E-state index contributed by atoms with van der Waals surface area (Å²) in [4.78, 5) is 10.8. The lowest BCUT2D eigenvalue weighted by atomic mass is 10.2. The second-order valence-corrected chi connectivity index (χ2v) is 5.68. The van der Waals surface area contributed by atoms with E-state index in [2.05, 4.69) is 21.9 Å². The predicted molar refractivity (Wildman–Crippen MR) is 75.5 cm³/mol. The first-order valence-electron chi connectivity index (χ1n) is 5.30. The fourth-order valence-corrected chi connectivity index (χ4v) is 1.86. The molecule has 0 saturated heterocycles. The second kappa shape index (κ2) is 7.02. The lowest BCUT2D eigenvalue weighted by Gasteiger charge is -2.03. The zero-order valence-electron chi connectivity index (χ0n) is 10.2. The minimum absolute atomic E-state index is 0.102. The van der Waals surface area contributed by atoms with Crippen molar-refractivity contribution < 1.29 is 13.2 Å². The second-order valence-electron chi connectivity index (χ2n) is 3.67. The minimum Gasteiger partial charge on any atom is -0.344 e. The molecule has 102 valence electrons. The molecule has 0 heterocycles. The highest BCUT2D eigenvalue weighted by molar-refractivity contribution is 7.92. The van der Waals surface area contributed by atoms with Gasteiger partial charge in [-0.15, -0.1) is 11.6 Å². The summed E-state index contributed by atoms with van der Waals surface area (Å²) < 4.78 is 24.5. The topological polar surface area (TPSA) is 75.3 Å². The van der Waals surface area contributed by atoms with Gasteiger partial charge >= 0.3 is 0 Å². The Bertz CT molecular complexity index is 617. The van der Waals surface area contributed by atoms with E-state index in [1.165, 1.54) is 0 Å². The van der Waals surface area contributed by atoms with Crippen LogP contribution in [-0.2, 0) is 14.8 Å². The number of anilines is 1. The Hall–Kier alpha value is -1.71. The van der Waals surface area contributed by atoms with E-state index in [1.54, 1.807) is 24.3 Å². The Balaban J connectivity index is 2.67. The fraction of sp³-hybridized carbons (Fsp3) is 0.250. The van der Waals surface area contributed by atoms with Gasteiger partial charge in [0.2, 0.25) is 15.9 Å². The van der Waals surface area contributed by atoms with Crippen molar-refractivity contribution in [3.05, 3.63) is 29.8 Å². The van der Waals surface area contributed by atoms with Crippen molar-refractivity contribution in [2.45, 2.75) is 0 Å². The predicted octanol–water partition coefficient (Wildman–Crippen LogP) is 0.765. The molecule has 1 amide bonds. The highest BCUT2D eigenvalue weighted by Gasteiger charge is 2.01. The number of benzene rings is 1. The molecule has 7 heteroatoms. The molecule has 2 N–H and O–H groups in total. The molecule has 5 nitrogen and oxygen atoms in total. The van der Waals surface area contributed by atoms with Gasteiger partial charge < -0.3 is 5.32 Å². The van der Waals surface area contributed by atoms with Crippen LogP contribution in [0.4, 0.5) is 5.69 Å². The van der Waals surface area contributed by atoms with Gasteiger partial charge in [0.15, 0.2) is 0 Å². The number of alkyl halides is 1. The molecule has 0 fully saturated rings. The van der Waals surface area contributed by atoms with Crippen molar-refractivity contribution in [1.29, 1.82) is 0 Å². The molecule has 0 aliphatic rings. The first-order chi connectivity index (χ1) is 8.90. The van der Waals surface area contributed by atoms with E-state index in [4.69, 9.17) is 11.6 Å². The molecular weight excluding hydrogens is 288 g/mol. The van der Waals surface area contributed by atoms with Crippen LogP contribution in [0.1, 0.15) is 5.56 Å². The summed E-state index contributed by atoms with van der Waals surface area (Å²) in [5.41, 5.74) is 1.09. The van der Waals surface area contributed by atoms with Crippen LogP contribution in [0.2, 0.25) is 0 Å². The Labute approximate surface area is 117 Å². The van der Waals surface area contributed by atoms with E-state index in [0.717, 1.165) is 6.26 Å². The van der Waals surface area contributed by atoms with E-state index < -0.39 is 10.0 Å². The van der Waals surface area contributed by atoms with Crippen LogP contribution in [-0.4, -0.2) is 33.0 Å². The van der Waals surface area contributed by atoms with Crippen molar-refractivity contribution in [2.24, 2.45) is 0 Å². The van der Waals surface area contributed by atoms with Crippen molar-refractivity contribution in [1.82, 2.24) is 5.32 Å². The standard InChI is InChI=1S/C12H13ClN2O3S/c1-19(17,18)15-11-6-2-4-10(8-11)5-3-7-14-12(16)9-13/h2,4,6,8,15H,7,9H2,1H3,(H,14,16). The SMILES string of the molecule is CS(=O)(=O)Nc1cccc(C#CCNC(=O)CCl)c1. The Morgan fingerprint density at radius 1 is 1.42 bits per heavy atom. The first-order valence-corrected chi connectivity index (χ1v) is 7.73. The van der Waals surface area contributed by atoms with Crippen LogP contribution in [0, 0.1) is 11.8 Å². The molecule has 0 bridgehead atoms. The van der Waals surface area contributed by atoms with Crippen molar-refractivity contribution in [3.8, 4) is 11.8 Å². The van der Waals surface area contributed by atoms with Crippen molar-refractivity contribution in [2.75, 3.05) is 23.4 Å². The van der Waals surface area contributed by atoms with Crippen LogP contribution in [0.25, 0.3) is 0 Å². The molecule has 0 aliphatic carbocycles. The molecule has 0 spiro atoms. The van der Waals surface area contributed by atoms with Crippen LogP contribution >= 0.6 is 11.6 Å². The van der Waals surface area contributed by atoms with Gasteiger partial charge in [-0.05, 0) is 18.2 Å². The summed E-state index contributed by atoms with van der Waals surface area (Å²) in [7, 11) is -3.30. The average Bonchev–Trinajstić information content (AvgIpc) is 2.32. The molecule has 0 unspecified atom stereocenters. The zero-order valence-corrected chi connectivity index (χ0v) is 11.8. The molecule has 0 saturated carbocycles. The van der Waals surface area contributed by atoms with Crippen LogP contribution in [0.3, 0.4) is 0 Å². The van der Waals surface area contributed by atoms with E-state index in [1.807, 2.05) is 0 Å². The van der Waals surface area contributed by atoms with Gasteiger partial charge in [-0.3, -0.25) is 9.52 Å². The minimum atomic E-state index is -3.30. The van der Waals surface area contributed by atoms with E-state index in [-0.39, 0.29) is 18.3 Å². The third-order valence-electron chi connectivity index (χ3n) is 1.89. The molecule has 1 rings (SSSR count). The maximum Gasteiger partial charge on any atom is 0.235 e. The molecule has 1 aromatic rings. The number of hydrogen-bond acceptors (Lipinski definition) is 3. The molecule has 0 atom stereocenters. The maximum atomic E-state index is 11.1. The fourth-order valence-electron chi connectivity index (χ4n) is 1.21. The van der Waals surface area contributed by atoms with Crippen molar-refractivity contribution >= 4 is 33.2 Å². The van der Waals surface area contributed by atoms with Crippen LogP contribution in [0.5, 0.6) is 0 Å². The number of carbonyl (C=O) groups is 1. The summed E-state index contributed by atoms with van der Waals surface area (Å²) in [6.45, 7) is 0.190. The van der Waals surface area contributed by atoms with Gasteiger partial charge in [-0.1, -0.05) is 17.9 Å². The third-order valence-corrected chi connectivity index (χ3v) is 2.74. The van der Waals surface area contributed by atoms with Gasteiger partial charge in [-0.25, -0.2) is 8.42 Å².